The van der Waals surface area contributed by atoms with Crippen LogP contribution < -0.4 is 15.0 Å². The predicted octanol–water partition coefficient (Wildman–Crippen LogP) is 3.16. The molecule has 0 bridgehead atoms. The summed E-state index contributed by atoms with van der Waals surface area (Å²) in [5.41, 5.74) is 0.831. The third kappa shape index (κ3) is 5.83. The number of nitrogens with zero attached hydrogens (tertiary/aromatic N) is 2. The molecule has 0 radical (unpaired) electrons. The minimum Gasteiger partial charge on any atom is -0.489 e. The van der Waals surface area contributed by atoms with Crippen molar-refractivity contribution in [2.24, 2.45) is 0 Å². The van der Waals surface area contributed by atoms with Gasteiger partial charge >= 0.3 is 6.09 Å². The molecule has 1 aliphatic heterocycles. The Morgan fingerprint density at radius 1 is 1.48 bits per heavy atom. The Kier molecular flexibility index (Phi) is 6.26. The molecule has 3 rings (SSSR count). The number of carbonyl (C=O) groups is 1. The molecule has 0 aliphatic carbocycles. The molecule has 1 aromatic heterocycles. The Labute approximate surface area is 168 Å². The van der Waals surface area contributed by atoms with E-state index in [1.165, 1.54) is 0 Å². The summed E-state index contributed by atoms with van der Waals surface area (Å²) in [5.74, 6) is 0.485. The number of aliphatic hydroxyl groups is 1. The van der Waals surface area contributed by atoms with E-state index in [4.69, 9.17) is 13.9 Å². The maximum absolute atomic E-state index is 13.1. The van der Waals surface area contributed by atoms with Gasteiger partial charge in [0.15, 0.2) is 5.58 Å². The van der Waals surface area contributed by atoms with Crippen LogP contribution in [-0.2, 0) is 4.74 Å². The second-order valence-corrected chi connectivity index (χ2v) is 7.93. The molecule has 1 aromatic carbocycles. The molecule has 9 heteroatoms. The van der Waals surface area contributed by atoms with Gasteiger partial charge in [-0.1, -0.05) is 0 Å². The van der Waals surface area contributed by atoms with Crippen molar-refractivity contribution in [3.63, 3.8) is 0 Å². The van der Waals surface area contributed by atoms with E-state index in [2.05, 4.69) is 10.3 Å². The number of rotatable bonds is 6. The normalized spacial score (nSPS) is 17.6. The van der Waals surface area contributed by atoms with Gasteiger partial charge in [0.2, 0.25) is 0 Å². The number of alkyl carbamates (subject to hydrolysis) is 1. The Morgan fingerprint density at radius 2 is 2.28 bits per heavy atom. The zero-order valence-electron chi connectivity index (χ0n) is 16.8. The number of benzene rings is 1. The van der Waals surface area contributed by atoms with E-state index in [1.54, 1.807) is 39.0 Å². The van der Waals surface area contributed by atoms with Crippen LogP contribution in [0, 0.1) is 0 Å². The topological polar surface area (TPSA) is 97.1 Å². The zero-order chi connectivity index (χ0) is 21.0. The highest BCUT2D eigenvalue weighted by atomic mass is 19.1. The highest BCUT2D eigenvalue weighted by Crippen LogP contribution is 2.27. The molecule has 0 saturated carbocycles. The Bertz CT molecular complexity index is 890. The van der Waals surface area contributed by atoms with E-state index < -0.39 is 11.7 Å². The second kappa shape index (κ2) is 8.69. The molecule has 1 aliphatic rings. The molecule has 1 saturated heterocycles. The number of halogens is 1. The number of oxazole rings is 1. The fraction of sp³-hybridized carbons (Fsp3) is 0.500. The van der Waals surface area contributed by atoms with E-state index >= 15 is 0 Å². The summed E-state index contributed by atoms with van der Waals surface area (Å²) in [7, 11) is 0. The molecule has 0 spiro atoms. The van der Waals surface area contributed by atoms with Gasteiger partial charge in [-0.3, -0.25) is 0 Å². The SMILES string of the molecule is CC(C)(C)OC(=O)NCC(=CF)COc1ccc2nc(N3CCC(O)C3)oc2c1. The van der Waals surface area contributed by atoms with Crippen molar-refractivity contribution < 1.29 is 28.2 Å². The second-order valence-electron chi connectivity index (χ2n) is 7.93. The average molecular weight is 407 g/mol. The summed E-state index contributed by atoms with van der Waals surface area (Å²) in [5, 5.41) is 12.1. The number of fused-ring (bicyclic) bond motifs is 1. The van der Waals surface area contributed by atoms with E-state index in [1.807, 2.05) is 4.90 Å². The third-order valence-corrected chi connectivity index (χ3v) is 4.22. The summed E-state index contributed by atoms with van der Waals surface area (Å²) < 4.78 is 29.6. The minimum absolute atomic E-state index is 0.0304. The van der Waals surface area contributed by atoms with Gasteiger partial charge in [-0.05, 0) is 39.3 Å². The first kappa shape index (κ1) is 20.9. The highest BCUT2D eigenvalue weighted by Gasteiger charge is 2.24. The average Bonchev–Trinajstić information content (AvgIpc) is 3.25. The van der Waals surface area contributed by atoms with Crippen LogP contribution in [0.1, 0.15) is 27.2 Å². The third-order valence-electron chi connectivity index (χ3n) is 4.22. The largest absolute Gasteiger partial charge is 0.489 e. The lowest BCUT2D eigenvalue weighted by Crippen LogP contribution is -2.34. The van der Waals surface area contributed by atoms with Crippen molar-refractivity contribution in [3.05, 3.63) is 30.1 Å². The first-order valence-corrected chi connectivity index (χ1v) is 9.45. The molecular weight excluding hydrogens is 381 g/mol. The first-order chi connectivity index (χ1) is 13.7. The van der Waals surface area contributed by atoms with Gasteiger partial charge in [-0.2, -0.15) is 4.98 Å². The van der Waals surface area contributed by atoms with Crippen molar-refractivity contribution in [2.75, 3.05) is 31.1 Å². The van der Waals surface area contributed by atoms with Crippen LogP contribution in [0.25, 0.3) is 11.1 Å². The fourth-order valence-electron chi connectivity index (χ4n) is 2.83. The summed E-state index contributed by atoms with van der Waals surface area (Å²) >= 11 is 0. The summed E-state index contributed by atoms with van der Waals surface area (Å²) in [6.07, 6.45) is 0.0905. The number of nitrogens with one attached hydrogen (secondary N) is 1. The monoisotopic (exact) mass is 407 g/mol. The van der Waals surface area contributed by atoms with E-state index in [0.29, 0.717) is 48.7 Å². The minimum atomic E-state index is -0.626. The van der Waals surface area contributed by atoms with Gasteiger partial charge in [-0.25, -0.2) is 9.18 Å². The van der Waals surface area contributed by atoms with Crippen LogP contribution in [0.15, 0.2) is 34.5 Å². The fourth-order valence-corrected chi connectivity index (χ4v) is 2.83. The predicted molar refractivity (Wildman–Crippen MR) is 106 cm³/mol. The number of carbonyl (C=O) groups excluding carboxylic acids is 1. The van der Waals surface area contributed by atoms with E-state index in [-0.39, 0.29) is 24.8 Å². The van der Waals surface area contributed by atoms with Gasteiger partial charge in [-0.15, -0.1) is 0 Å². The lowest BCUT2D eigenvalue weighted by Gasteiger charge is -2.20. The van der Waals surface area contributed by atoms with Gasteiger partial charge in [0.1, 0.15) is 23.5 Å². The molecule has 2 aromatic rings. The van der Waals surface area contributed by atoms with Gasteiger partial charge in [0.05, 0.1) is 12.4 Å². The number of amides is 1. The van der Waals surface area contributed by atoms with Gasteiger partial charge in [0, 0.05) is 31.3 Å². The molecule has 1 fully saturated rings. The number of aliphatic hydroxyl groups excluding tert-OH is 1. The van der Waals surface area contributed by atoms with Crippen LogP contribution in [-0.4, -0.2) is 54.1 Å². The number of anilines is 1. The molecule has 158 valence electrons. The first-order valence-electron chi connectivity index (χ1n) is 9.45. The number of hydrogen-bond donors (Lipinski definition) is 2. The number of aromatic nitrogens is 1. The molecule has 8 nitrogen and oxygen atoms in total. The Balaban J connectivity index is 1.56. The van der Waals surface area contributed by atoms with Crippen molar-refractivity contribution in [3.8, 4) is 5.75 Å². The maximum atomic E-state index is 13.1. The maximum Gasteiger partial charge on any atom is 0.407 e. The highest BCUT2D eigenvalue weighted by molar-refractivity contribution is 5.76. The summed E-state index contributed by atoms with van der Waals surface area (Å²) in [6, 6.07) is 5.60. The van der Waals surface area contributed by atoms with Gasteiger partial charge < -0.3 is 29.2 Å². The molecule has 1 atom stereocenters. The lowest BCUT2D eigenvalue weighted by molar-refractivity contribution is 0.0531. The molecule has 1 unspecified atom stereocenters. The van der Waals surface area contributed by atoms with Crippen molar-refractivity contribution in [2.45, 2.75) is 38.9 Å². The van der Waals surface area contributed by atoms with E-state index in [0.717, 1.165) is 0 Å². The molecular formula is C20H26FN3O5. The number of ether oxygens (including phenoxy) is 2. The molecule has 29 heavy (non-hydrogen) atoms. The Hall–Kier alpha value is -2.81. The van der Waals surface area contributed by atoms with Crippen molar-refractivity contribution in [1.29, 1.82) is 0 Å². The molecule has 2 heterocycles. The van der Waals surface area contributed by atoms with Gasteiger partial charge in [0.25, 0.3) is 6.01 Å². The summed E-state index contributed by atoms with van der Waals surface area (Å²) in [4.78, 5) is 18.0. The zero-order valence-corrected chi connectivity index (χ0v) is 16.8. The quantitative estimate of drug-likeness (QED) is 0.759. The smallest absolute Gasteiger partial charge is 0.407 e. The molecule has 1 amide bonds. The van der Waals surface area contributed by atoms with E-state index in [9.17, 15) is 14.3 Å². The van der Waals surface area contributed by atoms with Crippen LogP contribution in [0.2, 0.25) is 0 Å². The number of hydrogen-bond acceptors (Lipinski definition) is 7. The Morgan fingerprint density at radius 3 is 2.93 bits per heavy atom. The molecule has 2 N–H and O–H groups in total. The van der Waals surface area contributed by atoms with Crippen molar-refractivity contribution in [1.82, 2.24) is 10.3 Å². The van der Waals surface area contributed by atoms with Crippen LogP contribution in [0.4, 0.5) is 15.2 Å². The van der Waals surface area contributed by atoms with Crippen LogP contribution in [0.3, 0.4) is 0 Å². The van der Waals surface area contributed by atoms with Crippen molar-refractivity contribution >= 4 is 23.2 Å². The summed E-state index contributed by atoms with van der Waals surface area (Å²) in [6.45, 7) is 6.35. The van der Waals surface area contributed by atoms with Crippen LogP contribution >= 0.6 is 0 Å². The number of β-amino-alcohol motifs (C(OH)–C–C–N with tert-alkyl or cyclic N) is 1. The standard InChI is InChI=1S/C20H26FN3O5/c1-20(2,3)29-19(26)22-10-13(9-21)12-27-15-4-5-16-17(8-15)28-18(23-16)24-7-6-14(25)11-24/h4-5,8-9,14,25H,6-7,10-12H2,1-3H3,(H,22,26). The lowest BCUT2D eigenvalue weighted by atomic mass is 10.2. The van der Waals surface area contributed by atoms with Crippen LogP contribution in [0.5, 0.6) is 5.75 Å².